The van der Waals surface area contributed by atoms with E-state index in [9.17, 15) is 9.59 Å². The Morgan fingerprint density at radius 1 is 1.37 bits per heavy atom. The van der Waals surface area contributed by atoms with E-state index in [1.54, 1.807) is 7.05 Å². The van der Waals surface area contributed by atoms with E-state index < -0.39 is 5.60 Å². The minimum Gasteiger partial charge on any atom is -0.459 e. The predicted molar refractivity (Wildman–Crippen MR) is 71.7 cm³/mol. The Labute approximate surface area is 115 Å². The Morgan fingerprint density at radius 3 is 2.58 bits per heavy atom. The van der Waals surface area contributed by atoms with Crippen molar-refractivity contribution >= 4 is 11.9 Å². The Morgan fingerprint density at radius 2 is 2.05 bits per heavy atom. The quantitative estimate of drug-likeness (QED) is 0.715. The van der Waals surface area contributed by atoms with Crippen molar-refractivity contribution in [3.05, 3.63) is 0 Å². The number of ether oxygens (including phenoxy) is 2. The van der Waals surface area contributed by atoms with Gasteiger partial charge < -0.3 is 14.4 Å². The normalized spacial score (nSPS) is 19.3. The third-order valence-electron chi connectivity index (χ3n) is 2.92. The molecule has 5 nitrogen and oxygen atoms in total. The first-order chi connectivity index (χ1) is 8.78. The van der Waals surface area contributed by atoms with Gasteiger partial charge in [-0.2, -0.15) is 0 Å². The SMILES string of the molecule is CN(CC(=O)OC(C)(C)C)C(=O)CC[C@H]1CCCO1. The van der Waals surface area contributed by atoms with Crippen LogP contribution in [0.3, 0.4) is 0 Å². The van der Waals surface area contributed by atoms with Crippen LogP contribution < -0.4 is 0 Å². The maximum Gasteiger partial charge on any atom is 0.326 e. The summed E-state index contributed by atoms with van der Waals surface area (Å²) in [5.74, 6) is -0.415. The summed E-state index contributed by atoms with van der Waals surface area (Å²) in [5.41, 5.74) is -0.515. The molecule has 1 heterocycles. The van der Waals surface area contributed by atoms with E-state index in [1.165, 1.54) is 4.90 Å². The van der Waals surface area contributed by atoms with Gasteiger partial charge in [0.15, 0.2) is 0 Å². The molecule has 0 saturated carbocycles. The van der Waals surface area contributed by atoms with Crippen LogP contribution in [-0.4, -0.2) is 48.7 Å². The average molecular weight is 271 g/mol. The summed E-state index contributed by atoms with van der Waals surface area (Å²) < 4.78 is 10.6. The molecular weight excluding hydrogens is 246 g/mol. The fourth-order valence-corrected chi connectivity index (χ4v) is 2.00. The van der Waals surface area contributed by atoms with E-state index in [-0.39, 0.29) is 24.5 Å². The van der Waals surface area contributed by atoms with E-state index in [1.807, 2.05) is 20.8 Å². The van der Waals surface area contributed by atoms with Crippen molar-refractivity contribution in [3.63, 3.8) is 0 Å². The molecule has 1 aliphatic heterocycles. The van der Waals surface area contributed by atoms with E-state index in [2.05, 4.69) is 0 Å². The molecule has 0 aliphatic carbocycles. The first-order valence-corrected chi connectivity index (χ1v) is 6.85. The highest BCUT2D eigenvalue weighted by molar-refractivity contribution is 5.81. The fourth-order valence-electron chi connectivity index (χ4n) is 2.00. The molecule has 19 heavy (non-hydrogen) atoms. The minimum atomic E-state index is -0.515. The first-order valence-electron chi connectivity index (χ1n) is 6.85. The number of hydrogen-bond donors (Lipinski definition) is 0. The number of rotatable bonds is 5. The molecule has 0 aromatic rings. The molecule has 0 unspecified atom stereocenters. The zero-order chi connectivity index (χ0) is 14.5. The van der Waals surface area contributed by atoms with Gasteiger partial charge >= 0.3 is 5.97 Å². The highest BCUT2D eigenvalue weighted by Gasteiger charge is 2.21. The Bertz CT molecular complexity index is 316. The third-order valence-corrected chi connectivity index (χ3v) is 2.92. The lowest BCUT2D eigenvalue weighted by atomic mass is 10.1. The van der Waals surface area contributed by atoms with Crippen molar-refractivity contribution in [2.24, 2.45) is 0 Å². The molecule has 5 heteroatoms. The molecule has 0 aromatic carbocycles. The van der Waals surface area contributed by atoms with Gasteiger partial charge in [0.05, 0.1) is 6.10 Å². The lowest BCUT2D eigenvalue weighted by Gasteiger charge is -2.22. The number of amides is 1. The molecule has 1 aliphatic rings. The van der Waals surface area contributed by atoms with Crippen LogP contribution in [0.25, 0.3) is 0 Å². The largest absolute Gasteiger partial charge is 0.459 e. The Balaban J connectivity index is 2.25. The molecular formula is C14H25NO4. The summed E-state index contributed by atoms with van der Waals surface area (Å²) in [6, 6.07) is 0. The summed E-state index contributed by atoms with van der Waals surface area (Å²) in [6.07, 6.45) is 3.47. The van der Waals surface area contributed by atoms with Crippen LogP contribution in [0.4, 0.5) is 0 Å². The van der Waals surface area contributed by atoms with Crippen molar-refractivity contribution < 1.29 is 19.1 Å². The van der Waals surface area contributed by atoms with Crippen LogP contribution in [0.1, 0.15) is 46.5 Å². The lowest BCUT2D eigenvalue weighted by Crippen LogP contribution is -2.36. The second-order valence-electron chi connectivity index (χ2n) is 6.01. The summed E-state index contributed by atoms with van der Waals surface area (Å²) in [7, 11) is 1.63. The van der Waals surface area contributed by atoms with Gasteiger partial charge in [-0.1, -0.05) is 0 Å². The van der Waals surface area contributed by atoms with Crippen LogP contribution >= 0.6 is 0 Å². The van der Waals surface area contributed by atoms with Gasteiger partial charge in [0.2, 0.25) is 5.91 Å². The zero-order valence-electron chi connectivity index (χ0n) is 12.4. The Hall–Kier alpha value is -1.10. The van der Waals surface area contributed by atoms with Crippen molar-refractivity contribution in [1.82, 2.24) is 4.90 Å². The van der Waals surface area contributed by atoms with Crippen LogP contribution in [0.5, 0.6) is 0 Å². The summed E-state index contributed by atoms with van der Waals surface area (Å²) in [4.78, 5) is 24.9. The van der Waals surface area contributed by atoms with Crippen LogP contribution in [-0.2, 0) is 19.1 Å². The van der Waals surface area contributed by atoms with Gasteiger partial charge in [-0.15, -0.1) is 0 Å². The van der Waals surface area contributed by atoms with Gasteiger partial charge in [-0.3, -0.25) is 9.59 Å². The van der Waals surface area contributed by atoms with Crippen molar-refractivity contribution in [1.29, 1.82) is 0 Å². The van der Waals surface area contributed by atoms with E-state index in [4.69, 9.17) is 9.47 Å². The van der Waals surface area contributed by atoms with Crippen LogP contribution in [0.15, 0.2) is 0 Å². The highest BCUT2D eigenvalue weighted by Crippen LogP contribution is 2.17. The molecule has 1 atom stereocenters. The predicted octanol–water partition coefficient (Wildman–Crippen LogP) is 1.75. The maximum atomic E-state index is 11.9. The number of carbonyl (C=O) groups is 2. The van der Waals surface area contributed by atoms with Crippen molar-refractivity contribution in [3.8, 4) is 0 Å². The van der Waals surface area contributed by atoms with Crippen LogP contribution in [0.2, 0.25) is 0 Å². The van der Waals surface area contributed by atoms with Gasteiger partial charge in [-0.05, 0) is 40.0 Å². The third kappa shape index (κ3) is 6.57. The summed E-state index contributed by atoms with van der Waals surface area (Å²) in [6.45, 7) is 6.23. The molecule has 0 N–H and O–H groups in total. The molecule has 1 amide bonds. The highest BCUT2D eigenvalue weighted by atomic mass is 16.6. The number of hydrogen-bond acceptors (Lipinski definition) is 4. The smallest absolute Gasteiger partial charge is 0.326 e. The molecule has 0 radical (unpaired) electrons. The van der Waals surface area contributed by atoms with Crippen molar-refractivity contribution in [2.45, 2.75) is 58.2 Å². The topological polar surface area (TPSA) is 55.8 Å². The lowest BCUT2D eigenvalue weighted by molar-refractivity contribution is -0.158. The van der Waals surface area contributed by atoms with Crippen molar-refractivity contribution in [2.75, 3.05) is 20.2 Å². The molecule has 1 fully saturated rings. The fraction of sp³-hybridized carbons (Fsp3) is 0.857. The second kappa shape index (κ2) is 6.89. The summed E-state index contributed by atoms with van der Waals surface area (Å²) >= 11 is 0. The molecule has 0 bridgehead atoms. The second-order valence-corrected chi connectivity index (χ2v) is 6.01. The first kappa shape index (κ1) is 16.0. The van der Waals surface area contributed by atoms with E-state index >= 15 is 0 Å². The zero-order valence-corrected chi connectivity index (χ0v) is 12.4. The minimum absolute atomic E-state index is 0.00161. The molecule has 1 saturated heterocycles. The molecule has 0 aromatic heterocycles. The Kier molecular flexibility index (Phi) is 5.79. The molecule has 1 rings (SSSR count). The van der Waals surface area contributed by atoms with Gasteiger partial charge in [0.25, 0.3) is 0 Å². The van der Waals surface area contributed by atoms with Crippen LogP contribution in [0, 0.1) is 0 Å². The number of nitrogens with zero attached hydrogens (tertiary/aromatic N) is 1. The van der Waals surface area contributed by atoms with Gasteiger partial charge in [-0.25, -0.2) is 0 Å². The summed E-state index contributed by atoms with van der Waals surface area (Å²) in [5, 5.41) is 0. The van der Waals surface area contributed by atoms with Gasteiger partial charge in [0, 0.05) is 20.1 Å². The number of carbonyl (C=O) groups excluding carboxylic acids is 2. The van der Waals surface area contributed by atoms with E-state index in [0.717, 1.165) is 25.9 Å². The monoisotopic (exact) mass is 271 g/mol. The number of likely N-dealkylation sites (N-methyl/N-ethyl adjacent to an activating group) is 1. The average Bonchev–Trinajstić information content (AvgIpc) is 2.75. The standard InChI is InChI=1S/C14H25NO4/c1-14(2,3)19-13(17)10-15(4)12(16)8-7-11-6-5-9-18-11/h11H,5-10H2,1-4H3/t11-/m1/s1. The van der Waals surface area contributed by atoms with E-state index in [0.29, 0.717) is 6.42 Å². The maximum absolute atomic E-state index is 11.9. The number of esters is 1. The molecule has 110 valence electrons. The van der Waals surface area contributed by atoms with Gasteiger partial charge in [0.1, 0.15) is 12.1 Å². The molecule has 0 spiro atoms.